The Labute approximate surface area is 106 Å². The van der Waals surface area contributed by atoms with Crippen LogP contribution in [-0.2, 0) is 14.3 Å². The maximum Gasteiger partial charge on any atom is 0.325 e. The molecule has 1 saturated heterocycles. The second-order valence-corrected chi connectivity index (χ2v) is 4.20. The lowest BCUT2D eigenvalue weighted by Gasteiger charge is -2.22. The minimum Gasteiger partial charge on any atom is -0.465 e. The fourth-order valence-electron chi connectivity index (χ4n) is 1.99. The average molecular weight is 256 g/mol. The topological polar surface area (TPSA) is 96.3 Å². The van der Waals surface area contributed by atoms with E-state index in [4.69, 9.17) is 15.0 Å². The Morgan fingerprint density at radius 2 is 2.44 bits per heavy atom. The molecular weight excluding hydrogens is 236 g/mol. The molecule has 7 nitrogen and oxygen atoms in total. The van der Waals surface area contributed by atoms with E-state index in [-0.39, 0.29) is 18.2 Å². The predicted octanol–water partition coefficient (Wildman–Crippen LogP) is 1.39. The molecule has 1 heterocycles. The summed E-state index contributed by atoms with van der Waals surface area (Å²) in [5.41, 5.74) is 8.19. The number of nitrogens with one attached hydrogen (secondary N) is 1. The van der Waals surface area contributed by atoms with Crippen molar-refractivity contribution in [3.63, 3.8) is 0 Å². The third-order valence-electron chi connectivity index (χ3n) is 2.82. The van der Waals surface area contributed by atoms with Crippen molar-refractivity contribution in [1.82, 2.24) is 5.32 Å². The second-order valence-electron chi connectivity index (χ2n) is 4.20. The number of hydrogen-bond donors (Lipinski definition) is 1. The molecule has 18 heavy (non-hydrogen) atoms. The normalized spacial score (nSPS) is 24.3. The lowest BCUT2D eigenvalue weighted by molar-refractivity contribution is -0.149. The number of ether oxygens (including phenoxy) is 2. The van der Waals surface area contributed by atoms with Gasteiger partial charge >= 0.3 is 5.97 Å². The second kappa shape index (κ2) is 7.92. The highest BCUT2D eigenvalue weighted by Gasteiger charge is 2.34. The van der Waals surface area contributed by atoms with E-state index in [0.29, 0.717) is 19.7 Å². The number of carbonyl (C=O) groups is 1. The van der Waals surface area contributed by atoms with E-state index in [2.05, 4.69) is 15.3 Å². The Morgan fingerprint density at radius 1 is 1.67 bits per heavy atom. The van der Waals surface area contributed by atoms with Crippen molar-refractivity contribution in [3.8, 4) is 0 Å². The minimum absolute atomic E-state index is 0.162. The van der Waals surface area contributed by atoms with Gasteiger partial charge in [-0.05, 0) is 32.2 Å². The zero-order chi connectivity index (χ0) is 13.4. The highest BCUT2D eigenvalue weighted by molar-refractivity contribution is 5.76. The Kier molecular flexibility index (Phi) is 6.49. The summed E-state index contributed by atoms with van der Waals surface area (Å²) in [6.45, 7) is 4.83. The summed E-state index contributed by atoms with van der Waals surface area (Å²) in [6, 6.07) is -0.483. The average Bonchev–Trinajstić information content (AvgIpc) is 2.76. The molecule has 0 aromatic carbocycles. The van der Waals surface area contributed by atoms with Gasteiger partial charge in [0.25, 0.3) is 0 Å². The van der Waals surface area contributed by atoms with E-state index in [9.17, 15) is 4.79 Å². The van der Waals surface area contributed by atoms with Crippen LogP contribution in [0.3, 0.4) is 0 Å². The largest absolute Gasteiger partial charge is 0.465 e. The van der Waals surface area contributed by atoms with Gasteiger partial charge in [-0.15, -0.1) is 0 Å². The van der Waals surface area contributed by atoms with E-state index >= 15 is 0 Å². The molecule has 102 valence electrons. The van der Waals surface area contributed by atoms with Gasteiger partial charge in [-0.3, -0.25) is 4.79 Å². The quantitative estimate of drug-likeness (QED) is 0.245. The van der Waals surface area contributed by atoms with E-state index < -0.39 is 6.04 Å². The molecule has 0 saturated carbocycles. The molecule has 0 aromatic rings. The minimum atomic E-state index is -0.483. The fraction of sp³-hybridized carbons (Fsp3) is 0.909. The SMILES string of the molecule is CCOC(=O)C(NCCN=[N+]=[N-])C1CCC(C)O1. The van der Waals surface area contributed by atoms with Gasteiger partial charge in [0.1, 0.15) is 6.04 Å². The lowest BCUT2D eigenvalue weighted by Crippen LogP contribution is -2.47. The molecule has 0 aromatic heterocycles. The lowest BCUT2D eigenvalue weighted by atomic mass is 10.1. The summed E-state index contributed by atoms with van der Waals surface area (Å²) >= 11 is 0. The summed E-state index contributed by atoms with van der Waals surface area (Å²) in [7, 11) is 0. The number of azide groups is 1. The van der Waals surface area contributed by atoms with Crippen LogP contribution in [0.4, 0.5) is 0 Å². The zero-order valence-electron chi connectivity index (χ0n) is 10.8. The van der Waals surface area contributed by atoms with Crippen LogP contribution in [-0.4, -0.2) is 43.9 Å². The maximum absolute atomic E-state index is 11.8. The van der Waals surface area contributed by atoms with Crippen LogP contribution in [0, 0.1) is 0 Å². The van der Waals surface area contributed by atoms with Crippen LogP contribution in [0.5, 0.6) is 0 Å². The molecule has 3 unspecified atom stereocenters. The smallest absolute Gasteiger partial charge is 0.325 e. The maximum atomic E-state index is 11.8. The molecule has 1 fully saturated rings. The highest BCUT2D eigenvalue weighted by Crippen LogP contribution is 2.22. The standard InChI is InChI=1S/C11H20N4O3/c1-3-17-11(16)10(13-6-7-14-15-12)9-5-4-8(2)18-9/h8-10,13H,3-7H2,1-2H3. The Balaban J connectivity index is 2.51. The number of nitrogens with zero attached hydrogens (tertiary/aromatic N) is 3. The summed E-state index contributed by atoms with van der Waals surface area (Å²) < 4.78 is 10.7. The van der Waals surface area contributed by atoms with Gasteiger partial charge in [0.15, 0.2) is 0 Å². The molecule has 7 heteroatoms. The van der Waals surface area contributed by atoms with Gasteiger partial charge in [-0.1, -0.05) is 5.11 Å². The van der Waals surface area contributed by atoms with Gasteiger partial charge in [0.05, 0.1) is 18.8 Å². The molecule has 1 aliphatic heterocycles. The van der Waals surface area contributed by atoms with E-state index in [0.717, 1.165) is 12.8 Å². The first-order valence-electron chi connectivity index (χ1n) is 6.25. The van der Waals surface area contributed by atoms with Crippen molar-refractivity contribution in [2.75, 3.05) is 19.7 Å². The van der Waals surface area contributed by atoms with Gasteiger partial charge < -0.3 is 14.8 Å². The van der Waals surface area contributed by atoms with Crippen molar-refractivity contribution < 1.29 is 14.3 Å². The third-order valence-corrected chi connectivity index (χ3v) is 2.82. The summed E-state index contributed by atoms with van der Waals surface area (Å²) in [6.07, 6.45) is 1.79. The fourth-order valence-corrected chi connectivity index (χ4v) is 1.99. The zero-order valence-corrected chi connectivity index (χ0v) is 10.8. The molecule has 0 spiro atoms. The van der Waals surface area contributed by atoms with Crippen LogP contribution in [0.1, 0.15) is 26.7 Å². The van der Waals surface area contributed by atoms with Crippen molar-refractivity contribution in [2.45, 2.75) is 44.9 Å². The monoisotopic (exact) mass is 256 g/mol. The molecule has 3 atom stereocenters. The van der Waals surface area contributed by atoms with Crippen molar-refractivity contribution >= 4 is 5.97 Å². The first kappa shape index (κ1) is 14.8. The highest BCUT2D eigenvalue weighted by atomic mass is 16.5. The molecule has 0 bridgehead atoms. The van der Waals surface area contributed by atoms with Crippen molar-refractivity contribution in [3.05, 3.63) is 10.4 Å². The summed E-state index contributed by atoms with van der Waals surface area (Å²) in [5.74, 6) is -0.308. The van der Waals surface area contributed by atoms with Crippen molar-refractivity contribution in [2.24, 2.45) is 5.11 Å². The first-order valence-corrected chi connectivity index (χ1v) is 6.25. The Morgan fingerprint density at radius 3 is 3.00 bits per heavy atom. The number of rotatable bonds is 7. The van der Waals surface area contributed by atoms with Gasteiger partial charge in [-0.2, -0.15) is 0 Å². The summed E-state index contributed by atoms with van der Waals surface area (Å²) in [4.78, 5) is 14.5. The number of esters is 1. The van der Waals surface area contributed by atoms with E-state index in [1.165, 1.54) is 0 Å². The van der Waals surface area contributed by atoms with Crippen molar-refractivity contribution in [1.29, 1.82) is 0 Å². The molecular formula is C11H20N4O3. The van der Waals surface area contributed by atoms with Gasteiger partial charge in [0, 0.05) is 18.0 Å². The van der Waals surface area contributed by atoms with Crippen LogP contribution >= 0.6 is 0 Å². The molecule has 0 radical (unpaired) electrons. The van der Waals surface area contributed by atoms with Gasteiger partial charge in [-0.25, -0.2) is 0 Å². The third kappa shape index (κ3) is 4.52. The number of carbonyl (C=O) groups excluding carboxylic acids is 1. The van der Waals surface area contributed by atoms with Crippen LogP contribution in [0.15, 0.2) is 5.11 Å². The first-order chi connectivity index (χ1) is 8.69. The Hall–Kier alpha value is -1.30. The number of hydrogen-bond acceptors (Lipinski definition) is 5. The molecule has 1 N–H and O–H groups in total. The van der Waals surface area contributed by atoms with Gasteiger partial charge in [0.2, 0.25) is 0 Å². The van der Waals surface area contributed by atoms with E-state index in [1.807, 2.05) is 6.92 Å². The molecule has 1 aliphatic rings. The summed E-state index contributed by atoms with van der Waals surface area (Å²) in [5, 5.41) is 6.45. The Bertz CT molecular complexity index is 317. The predicted molar refractivity (Wildman–Crippen MR) is 66.0 cm³/mol. The molecule has 0 amide bonds. The molecule has 1 rings (SSSR count). The molecule has 0 aliphatic carbocycles. The van der Waals surface area contributed by atoms with Crippen LogP contribution in [0.25, 0.3) is 10.4 Å². The van der Waals surface area contributed by atoms with Crippen LogP contribution in [0.2, 0.25) is 0 Å². The van der Waals surface area contributed by atoms with Crippen LogP contribution < -0.4 is 5.32 Å². The van der Waals surface area contributed by atoms with E-state index in [1.54, 1.807) is 6.92 Å².